The van der Waals surface area contributed by atoms with Crippen molar-refractivity contribution >= 4 is 23.6 Å². The second-order valence-electron chi connectivity index (χ2n) is 9.29. The normalized spacial score (nSPS) is 15.9. The van der Waals surface area contributed by atoms with Gasteiger partial charge in [-0.05, 0) is 47.7 Å². The van der Waals surface area contributed by atoms with Crippen molar-refractivity contribution in [2.75, 3.05) is 26.7 Å². The molecule has 0 aromatic heterocycles. The number of amides is 2. The average molecular weight is 502 g/mol. The number of ether oxygens (including phenoxy) is 1. The number of rotatable bonds is 11. The van der Waals surface area contributed by atoms with Crippen LogP contribution in [0.1, 0.15) is 66.1 Å². The Bertz CT molecular complexity index is 980. The van der Waals surface area contributed by atoms with Crippen LogP contribution in [-0.2, 0) is 4.74 Å². The lowest BCUT2D eigenvalue weighted by Crippen LogP contribution is -2.45. The maximum atomic E-state index is 13.3. The standard InChI is InChI=1S/C27H36ClN3O4/c1-31(27(33)34)18-24(15-19-7-3-2-4-8-19)30-26(32)22-11-5-9-20(16-22)25(35-14-13-29)21-10-6-12-23(28)17-21/h5-6,9-12,16-17,19,24-25H,2-4,7-8,13-15,18,29H2,1H3,(H,30,32)(H,33,34)/t24-,25?/m0/s1. The molecular formula is C27H36ClN3O4. The molecule has 0 spiro atoms. The molecule has 0 heterocycles. The molecule has 1 saturated carbocycles. The lowest BCUT2D eigenvalue weighted by molar-refractivity contribution is 0.0859. The van der Waals surface area contributed by atoms with Crippen LogP contribution in [0.2, 0.25) is 5.02 Å². The molecule has 190 valence electrons. The first-order valence-corrected chi connectivity index (χ1v) is 12.7. The van der Waals surface area contributed by atoms with Gasteiger partial charge in [0.25, 0.3) is 5.91 Å². The van der Waals surface area contributed by atoms with Gasteiger partial charge in [-0.25, -0.2) is 4.79 Å². The highest BCUT2D eigenvalue weighted by molar-refractivity contribution is 6.30. The Kier molecular flexibility index (Phi) is 10.4. The molecule has 35 heavy (non-hydrogen) atoms. The van der Waals surface area contributed by atoms with Gasteiger partial charge in [0.05, 0.1) is 6.61 Å². The Hall–Kier alpha value is -2.61. The van der Waals surface area contributed by atoms with E-state index in [1.807, 2.05) is 36.4 Å². The summed E-state index contributed by atoms with van der Waals surface area (Å²) in [6.07, 6.45) is 5.23. The van der Waals surface area contributed by atoms with Gasteiger partial charge < -0.3 is 25.8 Å². The fraction of sp³-hybridized carbons (Fsp3) is 0.481. The molecule has 2 amide bonds. The molecule has 0 radical (unpaired) electrons. The monoisotopic (exact) mass is 501 g/mol. The largest absolute Gasteiger partial charge is 0.465 e. The number of halogens is 1. The molecule has 8 heteroatoms. The maximum absolute atomic E-state index is 13.3. The van der Waals surface area contributed by atoms with E-state index in [0.29, 0.717) is 29.7 Å². The van der Waals surface area contributed by atoms with E-state index in [9.17, 15) is 14.7 Å². The van der Waals surface area contributed by atoms with E-state index in [2.05, 4.69) is 5.32 Å². The number of nitrogens with zero attached hydrogens (tertiary/aromatic N) is 1. The summed E-state index contributed by atoms with van der Waals surface area (Å²) in [5.74, 6) is 0.273. The molecule has 2 atom stereocenters. The van der Waals surface area contributed by atoms with Gasteiger partial charge in [-0.15, -0.1) is 0 Å². The van der Waals surface area contributed by atoms with E-state index in [0.717, 1.165) is 30.4 Å². The molecule has 0 saturated heterocycles. The highest BCUT2D eigenvalue weighted by Gasteiger charge is 2.24. The third kappa shape index (κ3) is 8.23. The van der Waals surface area contributed by atoms with E-state index in [1.165, 1.54) is 31.2 Å². The average Bonchev–Trinajstić information content (AvgIpc) is 2.85. The fourth-order valence-corrected chi connectivity index (χ4v) is 4.96. The summed E-state index contributed by atoms with van der Waals surface area (Å²) in [4.78, 5) is 25.9. The maximum Gasteiger partial charge on any atom is 0.407 e. The van der Waals surface area contributed by atoms with Crippen LogP contribution < -0.4 is 11.1 Å². The number of carbonyl (C=O) groups is 2. The van der Waals surface area contributed by atoms with Crippen molar-refractivity contribution in [1.82, 2.24) is 10.2 Å². The van der Waals surface area contributed by atoms with Crippen molar-refractivity contribution in [3.63, 3.8) is 0 Å². The summed E-state index contributed by atoms with van der Waals surface area (Å²) in [7, 11) is 1.54. The number of carboxylic acid groups (broad SMARTS) is 1. The quantitative estimate of drug-likeness (QED) is 0.398. The summed E-state index contributed by atoms with van der Waals surface area (Å²) in [5, 5.41) is 13.1. The van der Waals surface area contributed by atoms with Crippen LogP contribution in [0, 0.1) is 5.92 Å². The van der Waals surface area contributed by atoms with Crippen LogP contribution in [-0.4, -0.2) is 54.8 Å². The van der Waals surface area contributed by atoms with Gasteiger partial charge in [-0.1, -0.05) is 68.0 Å². The molecule has 1 aliphatic rings. The minimum absolute atomic E-state index is 0.227. The second kappa shape index (κ2) is 13.5. The first kappa shape index (κ1) is 27.0. The highest BCUT2D eigenvalue weighted by Crippen LogP contribution is 2.29. The number of hydrogen-bond acceptors (Lipinski definition) is 4. The third-order valence-electron chi connectivity index (χ3n) is 6.50. The zero-order chi connectivity index (χ0) is 25.2. The molecule has 2 aromatic carbocycles. The van der Waals surface area contributed by atoms with E-state index in [-0.39, 0.29) is 18.5 Å². The molecule has 2 aromatic rings. The molecule has 7 nitrogen and oxygen atoms in total. The Morgan fingerprint density at radius 2 is 1.83 bits per heavy atom. The van der Waals surface area contributed by atoms with Gasteiger partial charge in [0.1, 0.15) is 6.10 Å². The van der Waals surface area contributed by atoms with Crippen molar-refractivity contribution in [3.05, 3.63) is 70.2 Å². The van der Waals surface area contributed by atoms with Gasteiger partial charge in [0, 0.05) is 36.8 Å². The van der Waals surface area contributed by atoms with Crippen molar-refractivity contribution in [2.45, 2.75) is 50.7 Å². The molecule has 0 bridgehead atoms. The Morgan fingerprint density at radius 3 is 2.49 bits per heavy atom. The minimum Gasteiger partial charge on any atom is -0.465 e. The van der Waals surface area contributed by atoms with Crippen molar-refractivity contribution < 1.29 is 19.4 Å². The van der Waals surface area contributed by atoms with Crippen molar-refractivity contribution in [1.29, 1.82) is 0 Å². The zero-order valence-corrected chi connectivity index (χ0v) is 21.0. The number of nitrogens with one attached hydrogen (secondary N) is 1. The molecule has 1 unspecified atom stereocenters. The fourth-order valence-electron chi connectivity index (χ4n) is 4.77. The van der Waals surface area contributed by atoms with Crippen LogP contribution in [0.15, 0.2) is 48.5 Å². The van der Waals surface area contributed by atoms with Gasteiger partial charge >= 0.3 is 6.09 Å². The van der Waals surface area contributed by atoms with Crippen LogP contribution in [0.25, 0.3) is 0 Å². The first-order chi connectivity index (χ1) is 16.9. The van der Waals surface area contributed by atoms with Gasteiger partial charge in [0.2, 0.25) is 0 Å². The first-order valence-electron chi connectivity index (χ1n) is 12.3. The lowest BCUT2D eigenvalue weighted by Gasteiger charge is -2.29. The van der Waals surface area contributed by atoms with Crippen LogP contribution in [0.3, 0.4) is 0 Å². The summed E-state index contributed by atoms with van der Waals surface area (Å²) < 4.78 is 6.03. The van der Waals surface area contributed by atoms with Crippen LogP contribution in [0.5, 0.6) is 0 Å². The highest BCUT2D eigenvalue weighted by atomic mass is 35.5. The lowest BCUT2D eigenvalue weighted by atomic mass is 9.84. The number of carbonyl (C=O) groups excluding carboxylic acids is 1. The van der Waals surface area contributed by atoms with E-state index in [4.69, 9.17) is 22.1 Å². The number of benzene rings is 2. The number of nitrogens with two attached hydrogens (primary N) is 1. The van der Waals surface area contributed by atoms with Crippen LogP contribution >= 0.6 is 11.6 Å². The minimum atomic E-state index is -1.00. The summed E-state index contributed by atoms with van der Waals surface area (Å²) in [6, 6.07) is 14.5. The van der Waals surface area contributed by atoms with Gasteiger partial charge in [0.15, 0.2) is 0 Å². The molecule has 1 aliphatic carbocycles. The van der Waals surface area contributed by atoms with E-state index in [1.54, 1.807) is 12.1 Å². The Labute approximate surface area is 212 Å². The molecular weight excluding hydrogens is 466 g/mol. The summed E-state index contributed by atoms with van der Waals surface area (Å²) in [6.45, 7) is 0.984. The summed E-state index contributed by atoms with van der Waals surface area (Å²) >= 11 is 6.20. The van der Waals surface area contributed by atoms with Gasteiger partial charge in [-0.3, -0.25) is 4.79 Å². The second-order valence-corrected chi connectivity index (χ2v) is 9.73. The van der Waals surface area contributed by atoms with Crippen molar-refractivity contribution in [2.24, 2.45) is 11.7 Å². The summed E-state index contributed by atoms with van der Waals surface area (Å²) in [5.41, 5.74) is 7.87. The van der Waals surface area contributed by atoms with E-state index < -0.39 is 12.2 Å². The Balaban J connectivity index is 1.79. The van der Waals surface area contributed by atoms with Crippen molar-refractivity contribution in [3.8, 4) is 0 Å². The number of likely N-dealkylation sites (N-methyl/N-ethyl adjacent to an activating group) is 1. The molecule has 4 N–H and O–H groups in total. The zero-order valence-electron chi connectivity index (χ0n) is 20.3. The smallest absolute Gasteiger partial charge is 0.407 e. The predicted octanol–water partition coefficient (Wildman–Crippen LogP) is 5.08. The molecule has 1 fully saturated rings. The van der Waals surface area contributed by atoms with Crippen LogP contribution in [0.4, 0.5) is 4.79 Å². The van der Waals surface area contributed by atoms with Gasteiger partial charge in [-0.2, -0.15) is 0 Å². The topological polar surface area (TPSA) is 105 Å². The third-order valence-corrected chi connectivity index (χ3v) is 6.74. The van der Waals surface area contributed by atoms with E-state index >= 15 is 0 Å². The molecule has 0 aliphatic heterocycles. The predicted molar refractivity (Wildman–Crippen MR) is 138 cm³/mol. The SMILES string of the molecule is CN(C[C@H](CC1CCCCC1)NC(=O)c1cccc(C(OCCN)c2cccc(Cl)c2)c1)C(=O)O. The Morgan fingerprint density at radius 1 is 1.14 bits per heavy atom. The molecule has 3 rings (SSSR count). The number of hydrogen-bond donors (Lipinski definition) is 3.